The van der Waals surface area contributed by atoms with E-state index in [0.29, 0.717) is 11.6 Å². The maximum Gasteiger partial charge on any atom is 0.148 e. The summed E-state index contributed by atoms with van der Waals surface area (Å²) < 4.78 is 8.24. The van der Waals surface area contributed by atoms with Gasteiger partial charge >= 0.3 is 0 Å². The lowest BCUT2D eigenvalue weighted by Gasteiger charge is -2.11. The molecule has 4 aromatic rings. The van der Waals surface area contributed by atoms with Crippen molar-refractivity contribution in [2.45, 2.75) is 32.9 Å². The molecule has 0 atom stereocenters. The van der Waals surface area contributed by atoms with E-state index < -0.39 is 0 Å². The number of pyridine rings is 1. The number of halogens is 1. The van der Waals surface area contributed by atoms with Crippen LogP contribution in [0.15, 0.2) is 67.0 Å². The maximum absolute atomic E-state index is 5.97. The smallest absolute Gasteiger partial charge is 0.148 e. The normalized spacial score (nSPS) is 11.1. The fraction of sp³-hybridized carbons (Fsp3) is 0.217. The number of benzene rings is 2. The second kappa shape index (κ2) is 8.44. The summed E-state index contributed by atoms with van der Waals surface area (Å²) >= 11 is 5.96. The number of nitrogens with zero attached hydrogens (tertiary/aromatic N) is 3. The average Bonchev–Trinajstić information content (AvgIpc) is 3.08. The highest BCUT2D eigenvalue weighted by Crippen LogP contribution is 2.22. The average molecular weight is 392 g/mol. The lowest BCUT2D eigenvalue weighted by Crippen LogP contribution is -2.08. The van der Waals surface area contributed by atoms with Crippen LogP contribution in [0.25, 0.3) is 11.0 Å². The highest BCUT2D eigenvalue weighted by molar-refractivity contribution is 6.30. The quantitative estimate of drug-likeness (QED) is 0.411. The predicted molar refractivity (Wildman–Crippen MR) is 113 cm³/mol. The van der Waals surface area contributed by atoms with Crippen molar-refractivity contribution in [3.63, 3.8) is 0 Å². The zero-order valence-corrected chi connectivity index (χ0v) is 16.6. The van der Waals surface area contributed by atoms with E-state index in [1.165, 1.54) is 11.1 Å². The van der Waals surface area contributed by atoms with Crippen LogP contribution in [0.4, 0.5) is 0 Å². The second-order valence-corrected chi connectivity index (χ2v) is 7.27. The lowest BCUT2D eigenvalue weighted by atomic mass is 10.1. The third-order valence-electron chi connectivity index (χ3n) is 4.81. The maximum atomic E-state index is 5.97. The molecule has 2 heterocycles. The van der Waals surface area contributed by atoms with E-state index >= 15 is 0 Å². The number of hydrogen-bond donors (Lipinski definition) is 0. The third kappa shape index (κ3) is 4.18. The van der Waals surface area contributed by atoms with Gasteiger partial charge in [-0.05, 0) is 67.3 Å². The van der Waals surface area contributed by atoms with Crippen molar-refractivity contribution in [1.82, 2.24) is 14.5 Å². The van der Waals surface area contributed by atoms with Gasteiger partial charge in [-0.25, -0.2) is 4.98 Å². The Morgan fingerprint density at radius 3 is 2.68 bits per heavy atom. The molecule has 2 aromatic heterocycles. The Morgan fingerprint density at radius 2 is 1.89 bits per heavy atom. The van der Waals surface area contributed by atoms with Crippen molar-refractivity contribution >= 4 is 22.6 Å². The first kappa shape index (κ1) is 18.5. The number of hydrogen-bond acceptors (Lipinski definition) is 3. The van der Waals surface area contributed by atoms with Gasteiger partial charge in [0.15, 0.2) is 0 Å². The highest BCUT2D eigenvalue weighted by atomic mass is 35.5. The van der Waals surface area contributed by atoms with Crippen LogP contribution in [-0.4, -0.2) is 14.5 Å². The summed E-state index contributed by atoms with van der Waals surface area (Å²) in [5.41, 5.74) is 4.62. The molecule has 0 amide bonds. The van der Waals surface area contributed by atoms with Crippen LogP contribution < -0.4 is 4.74 Å². The van der Waals surface area contributed by atoms with E-state index in [2.05, 4.69) is 40.7 Å². The van der Waals surface area contributed by atoms with Crippen molar-refractivity contribution in [2.75, 3.05) is 0 Å². The molecule has 4 rings (SSSR count). The lowest BCUT2D eigenvalue weighted by molar-refractivity contribution is 0.290. The summed E-state index contributed by atoms with van der Waals surface area (Å²) in [7, 11) is 0. The fourth-order valence-electron chi connectivity index (χ4n) is 3.36. The zero-order chi connectivity index (χ0) is 19.3. The fourth-order valence-corrected chi connectivity index (χ4v) is 3.49. The molecule has 5 heteroatoms. The van der Waals surface area contributed by atoms with Crippen LogP contribution in [-0.2, 0) is 19.6 Å². The molecular weight excluding hydrogens is 370 g/mol. The number of para-hydroxylation sites is 1. The number of fused-ring (bicyclic) bond motifs is 1. The molecule has 0 aliphatic heterocycles. The molecule has 0 N–H and O–H groups in total. The first-order valence-corrected chi connectivity index (χ1v) is 9.80. The number of imidazole rings is 1. The topological polar surface area (TPSA) is 39.9 Å². The van der Waals surface area contributed by atoms with Gasteiger partial charge in [-0.3, -0.25) is 4.98 Å². The summed E-state index contributed by atoms with van der Waals surface area (Å²) in [6.45, 7) is 3.40. The van der Waals surface area contributed by atoms with Crippen molar-refractivity contribution < 1.29 is 4.74 Å². The number of ether oxygens (including phenoxy) is 1. The third-order valence-corrected chi connectivity index (χ3v) is 5.06. The van der Waals surface area contributed by atoms with Gasteiger partial charge in [0.2, 0.25) is 0 Å². The van der Waals surface area contributed by atoms with Crippen molar-refractivity contribution in [3.8, 4) is 5.75 Å². The second-order valence-electron chi connectivity index (χ2n) is 6.83. The first-order chi connectivity index (χ1) is 13.7. The Labute approximate surface area is 169 Å². The summed E-state index contributed by atoms with van der Waals surface area (Å²) in [5, 5.41) is 0.700. The molecule has 0 aliphatic rings. The number of aromatic nitrogens is 3. The zero-order valence-electron chi connectivity index (χ0n) is 15.8. The summed E-state index contributed by atoms with van der Waals surface area (Å²) in [6.07, 6.45) is 5.73. The van der Waals surface area contributed by atoms with Crippen LogP contribution in [0.3, 0.4) is 0 Å². The molecule has 0 spiro atoms. The predicted octanol–water partition coefficient (Wildman–Crippen LogP) is 5.60. The van der Waals surface area contributed by atoms with Crippen LogP contribution in [0.2, 0.25) is 5.02 Å². The molecule has 28 heavy (non-hydrogen) atoms. The van der Waals surface area contributed by atoms with Gasteiger partial charge < -0.3 is 9.30 Å². The number of rotatable bonds is 7. The van der Waals surface area contributed by atoms with E-state index in [9.17, 15) is 0 Å². The first-order valence-electron chi connectivity index (χ1n) is 9.43. The highest BCUT2D eigenvalue weighted by Gasteiger charge is 2.13. The van der Waals surface area contributed by atoms with Gasteiger partial charge in [-0.1, -0.05) is 29.8 Å². The van der Waals surface area contributed by atoms with Gasteiger partial charge in [0.25, 0.3) is 0 Å². The minimum absolute atomic E-state index is 0.419. The van der Waals surface area contributed by atoms with E-state index in [1.807, 2.05) is 42.7 Å². The number of aryl methyl sites for hydroxylation is 3. The minimum Gasteiger partial charge on any atom is -0.486 e. The van der Waals surface area contributed by atoms with E-state index in [1.54, 1.807) is 0 Å². The van der Waals surface area contributed by atoms with Gasteiger partial charge in [0.1, 0.15) is 18.2 Å². The molecule has 4 nitrogen and oxygen atoms in total. The van der Waals surface area contributed by atoms with Gasteiger partial charge in [0.05, 0.1) is 11.0 Å². The molecule has 0 radical (unpaired) electrons. The Bertz CT molecular complexity index is 1060. The van der Waals surface area contributed by atoms with Gasteiger partial charge in [-0.2, -0.15) is 0 Å². The molecule has 0 bridgehead atoms. The molecule has 0 saturated heterocycles. The monoisotopic (exact) mass is 391 g/mol. The Kier molecular flexibility index (Phi) is 5.58. The summed E-state index contributed by atoms with van der Waals surface area (Å²) in [5.74, 6) is 1.72. The van der Waals surface area contributed by atoms with Crippen molar-refractivity contribution in [1.29, 1.82) is 0 Å². The molecule has 0 fully saturated rings. The minimum atomic E-state index is 0.419. The Morgan fingerprint density at radius 1 is 1.04 bits per heavy atom. The molecule has 142 valence electrons. The molecular formula is C23H22ClN3O. The van der Waals surface area contributed by atoms with Crippen LogP contribution in [0.1, 0.15) is 23.4 Å². The molecule has 0 saturated carbocycles. The molecule has 0 unspecified atom stereocenters. The summed E-state index contributed by atoms with van der Waals surface area (Å²) in [6, 6.07) is 17.8. The van der Waals surface area contributed by atoms with Crippen LogP contribution >= 0.6 is 11.6 Å². The van der Waals surface area contributed by atoms with E-state index in [0.717, 1.165) is 42.0 Å². The van der Waals surface area contributed by atoms with Crippen molar-refractivity contribution in [3.05, 3.63) is 89.0 Å². The van der Waals surface area contributed by atoms with Crippen molar-refractivity contribution in [2.24, 2.45) is 0 Å². The molecule has 0 aliphatic carbocycles. The standard InChI is InChI=1S/C23H22ClN3O/c1-17-5-2-8-21-23(17)26-22(16-28-20-11-9-19(24)10-12-20)27(21)14-4-7-18-6-3-13-25-15-18/h2-3,5-6,8-13,15H,4,7,14,16H2,1H3. The Hall–Kier alpha value is -2.85. The van der Waals surface area contributed by atoms with E-state index in [4.69, 9.17) is 21.3 Å². The molecule has 2 aromatic carbocycles. The van der Waals surface area contributed by atoms with E-state index in [-0.39, 0.29) is 0 Å². The van der Waals surface area contributed by atoms with Crippen LogP contribution in [0.5, 0.6) is 5.75 Å². The Balaban J connectivity index is 1.55. The van der Waals surface area contributed by atoms with Crippen LogP contribution in [0, 0.1) is 6.92 Å². The van der Waals surface area contributed by atoms with Gasteiger partial charge in [0, 0.05) is 24.0 Å². The largest absolute Gasteiger partial charge is 0.486 e. The van der Waals surface area contributed by atoms with Gasteiger partial charge in [-0.15, -0.1) is 0 Å². The SMILES string of the molecule is Cc1cccc2c1nc(COc1ccc(Cl)cc1)n2CCCc1cccnc1. The summed E-state index contributed by atoms with van der Waals surface area (Å²) in [4.78, 5) is 9.07.